The fraction of sp³-hybridized carbons (Fsp3) is 0.286. The average Bonchev–Trinajstić information content (AvgIpc) is 2.78. The number of nitrogens with one attached hydrogen (secondary N) is 1. The second-order valence-electron chi connectivity index (χ2n) is 3.77. The van der Waals surface area contributed by atoms with Crippen molar-refractivity contribution < 1.29 is 9.53 Å². The normalized spacial score (nSPS) is 11.8. The number of hydrogen-bond donors (Lipinski definition) is 1. The molecule has 0 aliphatic rings. The molecule has 0 saturated heterocycles. The zero-order chi connectivity index (χ0) is 13.4. The summed E-state index contributed by atoms with van der Waals surface area (Å²) in [6.45, 7) is 7.73. The summed E-state index contributed by atoms with van der Waals surface area (Å²) in [6.07, 6.45) is 9.64. The van der Waals surface area contributed by atoms with Gasteiger partial charge in [0.1, 0.15) is 11.5 Å². The summed E-state index contributed by atoms with van der Waals surface area (Å²) >= 11 is 0. The number of rotatable bonds is 6. The van der Waals surface area contributed by atoms with Gasteiger partial charge in [-0.15, -0.1) is 0 Å². The molecule has 1 aromatic heterocycles. The number of H-pyrrole nitrogens is 1. The van der Waals surface area contributed by atoms with Gasteiger partial charge in [0.05, 0.1) is 12.8 Å². The predicted molar refractivity (Wildman–Crippen MR) is 71.3 cm³/mol. The molecule has 0 amide bonds. The maximum atomic E-state index is 11.4. The number of aromatic amines is 1. The number of carbonyl (C=O) groups excluding carboxylic acids is 1. The van der Waals surface area contributed by atoms with Crippen molar-refractivity contribution in [2.24, 2.45) is 0 Å². The highest BCUT2D eigenvalue weighted by atomic mass is 16.5. The quantitative estimate of drug-likeness (QED) is 0.620. The van der Waals surface area contributed by atoms with Gasteiger partial charge in [-0.3, -0.25) is 0 Å². The van der Waals surface area contributed by atoms with E-state index in [4.69, 9.17) is 4.74 Å². The van der Waals surface area contributed by atoms with Crippen molar-refractivity contribution in [2.75, 3.05) is 6.61 Å². The van der Waals surface area contributed by atoms with Gasteiger partial charge in [-0.25, -0.2) is 9.78 Å². The third-order valence-corrected chi connectivity index (χ3v) is 2.20. The van der Waals surface area contributed by atoms with E-state index in [-0.39, 0.29) is 5.97 Å². The summed E-state index contributed by atoms with van der Waals surface area (Å²) in [6, 6.07) is 0. The van der Waals surface area contributed by atoms with E-state index in [1.54, 1.807) is 13.0 Å². The van der Waals surface area contributed by atoms with Crippen molar-refractivity contribution in [3.05, 3.63) is 54.2 Å². The molecule has 0 aliphatic heterocycles. The second kappa shape index (κ2) is 7.27. The van der Waals surface area contributed by atoms with Crippen LogP contribution >= 0.6 is 0 Å². The number of carbonyl (C=O) groups is 1. The standard InChI is InChI=1S/C14H18N2O2/c1-4-6-7-8-11(3)9-13-15-10-12(16-13)14(17)18-5-2/h4,6-8,10H,1,5,9H2,2-3H3,(H,15,16)/b7-6-,11-8+. The molecule has 0 atom stereocenters. The van der Waals surface area contributed by atoms with Crippen molar-refractivity contribution in [1.29, 1.82) is 0 Å². The number of hydrogen-bond acceptors (Lipinski definition) is 3. The van der Waals surface area contributed by atoms with Crippen LogP contribution in [0.15, 0.2) is 42.7 Å². The molecule has 1 rings (SSSR count). The van der Waals surface area contributed by atoms with Crippen molar-refractivity contribution >= 4 is 5.97 Å². The summed E-state index contributed by atoms with van der Waals surface area (Å²) in [4.78, 5) is 18.5. The van der Waals surface area contributed by atoms with E-state index in [2.05, 4.69) is 16.5 Å². The smallest absolute Gasteiger partial charge is 0.356 e. The first-order valence-corrected chi connectivity index (χ1v) is 5.83. The van der Waals surface area contributed by atoms with Crippen LogP contribution < -0.4 is 0 Å². The number of aromatic nitrogens is 2. The van der Waals surface area contributed by atoms with Crippen molar-refractivity contribution in [1.82, 2.24) is 9.97 Å². The van der Waals surface area contributed by atoms with Crippen LogP contribution in [-0.2, 0) is 11.2 Å². The number of allylic oxidation sites excluding steroid dienone is 5. The number of nitrogens with zero attached hydrogens (tertiary/aromatic N) is 1. The summed E-state index contributed by atoms with van der Waals surface area (Å²) < 4.78 is 4.88. The SMILES string of the molecule is C=C/C=C\C=C(/C)Cc1ncc(C(=O)OCC)[nH]1. The number of ether oxygens (including phenoxy) is 1. The van der Waals surface area contributed by atoms with Crippen LogP contribution in [0.25, 0.3) is 0 Å². The van der Waals surface area contributed by atoms with Crippen LogP contribution in [0, 0.1) is 0 Å². The molecule has 4 nitrogen and oxygen atoms in total. The van der Waals surface area contributed by atoms with Crippen molar-refractivity contribution in [2.45, 2.75) is 20.3 Å². The molecule has 1 heterocycles. The largest absolute Gasteiger partial charge is 0.461 e. The van der Waals surface area contributed by atoms with Gasteiger partial charge in [0.2, 0.25) is 0 Å². The Kier molecular flexibility index (Phi) is 5.64. The van der Waals surface area contributed by atoms with Crippen LogP contribution in [0.2, 0.25) is 0 Å². The first kappa shape index (κ1) is 14.0. The van der Waals surface area contributed by atoms with Crippen molar-refractivity contribution in [3.63, 3.8) is 0 Å². The van der Waals surface area contributed by atoms with Gasteiger partial charge in [0.25, 0.3) is 0 Å². The summed E-state index contributed by atoms with van der Waals surface area (Å²) in [7, 11) is 0. The van der Waals surface area contributed by atoms with E-state index in [0.29, 0.717) is 18.7 Å². The van der Waals surface area contributed by atoms with Gasteiger partial charge in [-0.2, -0.15) is 0 Å². The van der Waals surface area contributed by atoms with Crippen LogP contribution in [0.4, 0.5) is 0 Å². The molecule has 0 spiro atoms. The lowest BCUT2D eigenvalue weighted by atomic mass is 10.2. The molecule has 0 bridgehead atoms. The Balaban J connectivity index is 2.63. The van der Waals surface area contributed by atoms with Crippen LogP contribution in [-0.4, -0.2) is 22.5 Å². The lowest BCUT2D eigenvalue weighted by Crippen LogP contribution is -2.05. The Morgan fingerprint density at radius 1 is 1.56 bits per heavy atom. The van der Waals surface area contributed by atoms with Gasteiger partial charge in [0, 0.05) is 6.42 Å². The molecular weight excluding hydrogens is 228 g/mol. The molecule has 0 radical (unpaired) electrons. The van der Waals surface area contributed by atoms with Gasteiger partial charge < -0.3 is 9.72 Å². The maximum absolute atomic E-state index is 11.4. The third kappa shape index (κ3) is 4.41. The Labute approximate surface area is 107 Å². The first-order valence-electron chi connectivity index (χ1n) is 5.83. The fourth-order valence-electron chi connectivity index (χ4n) is 1.39. The third-order valence-electron chi connectivity index (χ3n) is 2.20. The fourth-order valence-corrected chi connectivity index (χ4v) is 1.39. The number of esters is 1. The molecule has 4 heteroatoms. The number of imidazole rings is 1. The Bertz CT molecular complexity index is 470. The minimum absolute atomic E-state index is 0.360. The zero-order valence-corrected chi connectivity index (χ0v) is 10.8. The minimum Gasteiger partial charge on any atom is -0.461 e. The van der Waals surface area contributed by atoms with Gasteiger partial charge in [0.15, 0.2) is 0 Å². The molecule has 96 valence electrons. The van der Waals surface area contributed by atoms with Gasteiger partial charge in [-0.05, 0) is 13.8 Å². The van der Waals surface area contributed by atoms with E-state index in [1.165, 1.54) is 6.20 Å². The van der Waals surface area contributed by atoms with E-state index in [0.717, 1.165) is 11.4 Å². The molecule has 18 heavy (non-hydrogen) atoms. The second-order valence-corrected chi connectivity index (χ2v) is 3.77. The highest BCUT2D eigenvalue weighted by molar-refractivity contribution is 5.86. The van der Waals surface area contributed by atoms with Crippen molar-refractivity contribution in [3.8, 4) is 0 Å². The Hall–Kier alpha value is -2.10. The first-order chi connectivity index (χ1) is 8.67. The van der Waals surface area contributed by atoms with E-state index < -0.39 is 0 Å². The monoisotopic (exact) mass is 246 g/mol. The highest BCUT2D eigenvalue weighted by Crippen LogP contribution is 2.06. The zero-order valence-electron chi connectivity index (χ0n) is 10.8. The lowest BCUT2D eigenvalue weighted by Gasteiger charge is -1.98. The van der Waals surface area contributed by atoms with Gasteiger partial charge in [-0.1, -0.05) is 36.5 Å². The van der Waals surface area contributed by atoms with E-state index in [1.807, 2.05) is 25.2 Å². The summed E-state index contributed by atoms with van der Waals surface area (Å²) in [5.74, 6) is 0.378. The lowest BCUT2D eigenvalue weighted by molar-refractivity contribution is 0.0520. The van der Waals surface area contributed by atoms with Crippen LogP contribution in [0.3, 0.4) is 0 Å². The van der Waals surface area contributed by atoms with Crippen LogP contribution in [0.1, 0.15) is 30.2 Å². The highest BCUT2D eigenvalue weighted by Gasteiger charge is 2.09. The van der Waals surface area contributed by atoms with E-state index in [9.17, 15) is 4.79 Å². The molecule has 1 aromatic rings. The Morgan fingerprint density at radius 2 is 2.33 bits per heavy atom. The molecule has 0 aromatic carbocycles. The van der Waals surface area contributed by atoms with E-state index >= 15 is 0 Å². The van der Waals surface area contributed by atoms with Crippen LogP contribution in [0.5, 0.6) is 0 Å². The topological polar surface area (TPSA) is 55.0 Å². The molecular formula is C14H18N2O2. The average molecular weight is 246 g/mol. The minimum atomic E-state index is -0.371. The molecule has 0 saturated carbocycles. The molecule has 1 N–H and O–H groups in total. The predicted octanol–water partition coefficient (Wildman–Crippen LogP) is 2.82. The molecule has 0 aliphatic carbocycles. The molecule has 0 fully saturated rings. The summed E-state index contributed by atoms with van der Waals surface area (Å²) in [5, 5.41) is 0. The molecule has 0 unspecified atom stereocenters. The van der Waals surface area contributed by atoms with Gasteiger partial charge >= 0.3 is 5.97 Å². The maximum Gasteiger partial charge on any atom is 0.356 e. The summed E-state index contributed by atoms with van der Waals surface area (Å²) in [5.41, 5.74) is 1.53. The Morgan fingerprint density at radius 3 is 3.00 bits per heavy atom.